The molecule has 0 aliphatic carbocycles. The van der Waals surface area contributed by atoms with Crippen LogP contribution in [0.3, 0.4) is 0 Å². The summed E-state index contributed by atoms with van der Waals surface area (Å²) < 4.78 is 14.6. The van der Waals surface area contributed by atoms with Gasteiger partial charge in [-0.25, -0.2) is 4.39 Å². The fourth-order valence-corrected chi connectivity index (χ4v) is 4.85. The average molecular weight is 541 g/mol. The molecule has 7 heteroatoms. The highest BCUT2D eigenvalue weighted by atomic mass is 35.5. The van der Waals surface area contributed by atoms with Gasteiger partial charge in [0.25, 0.3) is 0 Å². The van der Waals surface area contributed by atoms with E-state index in [0.717, 1.165) is 16.2 Å². The Morgan fingerprint density at radius 3 is 2.32 bits per heavy atom. The second-order valence-electron chi connectivity index (χ2n) is 9.36. The summed E-state index contributed by atoms with van der Waals surface area (Å²) in [6.45, 7) is 4.58. The molecule has 1 atom stereocenters. The summed E-state index contributed by atoms with van der Waals surface area (Å²) in [5.74, 6) is 0.226. The average Bonchev–Trinajstić information content (AvgIpc) is 2.89. The van der Waals surface area contributed by atoms with Crippen molar-refractivity contribution >= 4 is 35.2 Å². The minimum Gasteiger partial charge on any atom is -0.354 e. The van der Waals surface area contributed by atoms with E-state index in [2.05, 4.69) is 5.32 Å². The molecular formula is C30H34ClFN2O2S. The number of nitrogens with zero attached hydrogens (tertiary/aromatic N) is 1. The molecule has 0 saturated heterocycles. The van der Waals surface area contributed by atoms with Crippen molar-refractivity contribution in [2.75, 3.05) is 12.3 Å². The molecule has 0 aliphatic heterocycles. The molecule has 0 saturated carbocycles. The van der Waals surface area contributed by atoms with E-state index in [0.29, 0.717) is 30.0 Å². The second-order valence-corrected chi connectivity index (χ2v) is 11.0. The second kappa shape index (κ2) is 14.8. The first kappa shape index (κ1) is 28.7. The SMILES string of the molecule is CC(C)CNC(=O)C(Cc1ccccc1)N(Cc1ccccc1F)C(=O)CCCSc1ccc(Cl)cc1. The molecular weight excluding hydrogens is 507 g/mol. The van der Waals surface area contributed by atoms with Crippen LogP contribution in [0.5, 0.6) is 0 Å². The summed E-state index contributed by atoms with van der Waals surface area (Å²) in [7, 11) is 0. The van der Waals surface area contributed by atoms with Crippen LogP contribution in [0.25, 0.3) is 0 Å². The molecule has 1 N–H and O–H groups in total. The van der Waals surface area contributed by atoms with Gasteiger partial charge in [-0.3, -0.25) is 9.59 Å². The highest BCUT2D eigenvalue weighted by Gasteiger charge is 2.30. The molecule has 0 aliphatic rings. The first-order valence-corrected chi connectivity index (χ1v) is 13.9. The predicted molar refractivity (Wildman–Crippen MR) is 150 cm³/mol. The molecule has 0 aromatic heterocycles. The van der Waals surface area contributed by atoms with Crippen LogP contribution in [0.15, 0.2) is 83.8 Å². The van der Waals surface area contributed by atoms with Crippen LogP contribution in [-0.2, 0) is 22.6 Å². The molecule has 0 fully saturated rings. The lowest BCUT2D eigenvalue weighted by atomic mass is 10.0. The number of thioether (sulfide) groups is 1. The summed E-state index contributed by atoms with van der Waals surface area (Å²) in [5.41, 5.74) is 1.33. The number of rotatable bonds is 13. The molecule has 2 amide bonds. The number of carbonyl (C=O) groups is 2. The van der Waals surface area contributed by atoms with Crippen molar-refractivity contribution in [1.29, 1.82) is 0 Å². The van der Waals surface area contributed by atoms with Gasteiger partial charge in [-0.05, 0) is 54.0 Å². The Balaban J connectivity index is 1.79. The van der Waals surface area contributed by atoms with Gasteiger partial charge < -0.3 is 10.2 Å². The van der Waals surface area contributed by atoms with E-state index in [-0.39, 0.29) is 36.5 Å². The van der Waals surface area contributed by atoms with Crippen LogP contribution >= 0.6 is 23.4 Å². The van der Waals surface area contributed by atoms with Gasteiger partial charge in [-0.2, -0.15) is 0 Å². The van der Waals surface area contributed by atoms with Crippen LogP contribution in [0.4, 0.5) is 4.39 Å². The van der Waals surface area contributed by atoms with Crippen molar-refractivity contribution in [3.63, 3.8) is 0 Å². The molecule has 3 rings (SSSR count). The number of amides is 2. The summed E-state index contributed by atoms with van der Waals surface area (Å²) in [6, 6.07) is 22.9. The molecule has 196 valence electrons. The van der Waals surface area contributed by atoms with Crippen LogP contribution in [-0.4, -0.2) is 35.1 Å². The van der Waals surface area contributed by atoms with Gasteiger partial charge >= 0.3 is 0 Å². The molecule has 3 aromatic carbocycles. The van der Waals surface area contributed by atoms with Crippen molar-refractivity contribution in [1.82, 2.24) is 10.2 Å². The van der Waals surface area contributed by atoms with E-state index in [1.165, 1.54) is 6.07 Å². The maximum absolute atomic E-state index is 14.6. The van der Waals surface area contributed by atoms with E-state index in [4.69, 9.17) is 11.6 Å². The third-order valence-electron chi connectivity index (χ3n) is 5.87. The Kier molecular flexibility index (Phi) is 11.5. The topological polar surface area (TPSA) is 49.4 Å². The number of halogens is 2. The Morgan fingerprint density at radius 2 is 1.65 bits per heavy atom. The predicted octanol–water partition coefficient (Wildman–Crippen LogP) is 6.76. The van der Waals surface area contributed by atoms with E-state index in [1.54, 1.807) is 34.9 Å². The van der Waals surface area contributed by atoms with E-state index in [9.17, 15) is 14.0 Å². The molecule has 0 radical (unpaired) electrons. The van der Waals surface area contributed by atoms with Crippen molar-refractivity contribution in [2.24, 2.45) is 5.92 Å². The fraction of sp³-hybridized carbons (Fsp3) is 0.333. The maximum Gasteiger partial charge on any atom is 0.243 e. The van der Waals surface area contributed by atoms with Gasteiger partial charge in [-0.15, -0.1) is 11.8 Å². The number of benzene rings is 3. The summed E-state index contributed by atoms with van der Waals surface area (Å²) in [4.78, 5) is 29.6. The van der Waals surface area contributed by atoms with Crippen LogP contribution in [0.1, 0.15) is 37.8 Å². The Hall–Kier alpha value is -2.83. The van der Waals surface area contributed by atoms with Crippen LogP contribution < -0.4 is 5.32 Å². The van der Waals surface area contributed by atoms with Gasteiger partial charge in [0.05, 0.1) is 0 Å². The lowest BCUT2D eigenvalue weighted by Crippen LogP contribution is -2.51. The van der Waals surface area contributed by atoms with Gasteiger partial charge in [0, 0.05) is 41.4 Å². The van der Waals surface area contributed by atoms with Crippen molar-refractivity contribution in [3.05, 3.63) is 101 Å². The monoisotopic (exact) mass is 540 g/mol. The summed E-state index contributed by atoms with van der Waals surface area (Å²) in [6.07, 6.45) is 1.24. The third-order valence-corrected chi connectivity index (χ3v) is 7.22. The molecule has 0 spiro atoms. The van der Waals surface area contributed by atoms with Gasteiger partial charge in [0.1, 0.15) is 11.9 Å². The standard InChI is InChI=1S/C30H34ClFN2O2S/c1-22(2)20-33-30(36)28(19-23-9-4-3-5-10-23)34(21-24-11-6-7-12-27(24)32)29(35)13-8-18-37-26-16-14-25(31)15-17-26/h3-7,9-12,14-17,22,28H,8,13,18-21H2,1-2H3,(H,33,36). The molecule has 1 unspecified atom stereocenters. The number of hydrogen-bond acceptors (Lipinski definition) is 3. The number of hydrogen-bond donors (Lipinski definition) is 1. The van der Waals surface area contributed by atoms with Gasteiger partial charge in [0.15, 0.2) is 0 Å². The highest BCUT2D eigenvalue weighted by Crippen LogP contribution is 2.23. The Labute approximate surface area is 228 Å². The van der Waals surface area contributed by atoms with Crippen molar-refractivity contribution in [2.45, 2.75) is 50.6 Å². The van der Waals surface area contributed by atoms with E-state index < -0.39 is 6.04 Å². The zero-order valence-electron chi connectivity index (χ0n) is 21.3. The normalized spacial score (nSPS) is 11.8. The fourth-order valence-electron chi connectivity index (χ4n) is 3.87. The third kappa shape index (κ3) is 9.52. The zero-order chi connectivity index (χ0) is 26.6. The molecule has 37 heavy (non-hydrogen) atoms. The molecule has 4 nitrogen and oxygen atoms in total. The zero-order valence-corrected chi connectivity index (χ0v) is 22.9. The first-order valence-electron chi connectivity index (χ1n) is 12.6. The largest absolute Gasteiger partial charge is 0.354 e. The molecule has 0 bridgehead atoms. The molecule has 0 heterocycles. The summed E-state index contributed by atoms with van der Waals surface area (Å²) >= 11 is 7.61. The molecule has 3 aromatic rings. The smallest absolute Gasteiger partial charge is 0.243 e. The lowest BCUT2D eigenvalue weighted by molar-refractivity contribution is -0.141. The van der Waals surface area contributed by atoms with Gasteiger partial charge in [-0.1, -0.05) is 74.0 Å². The summed E-state index contributed by atoms with van der Waals surface area (Å²) in [5, 5.41) is 3.67. The first-order chi connectivity index (χ1) is 17.8. The Morgan fingerprint density at radius 1 is 0.973 bits per heavy atom. The van der Waals surface area contributed by atoms with Crippen molar-refractivity contribution in [3.8, 4) is 0 Å². The van der Waals surface area contributed by atoms with E-state index >= 15 is 0 Å². The van der Waals surface area contributed by atoms with E-state index in [1.807, 2.05) is 68.4 Å². The minimum absolute atomic E-state index is 0.0302. The van der Waals surface area contributed by atoms with Crippen LogP contribution in [0, 0.1) is 11.7 Å². The minimum atomic E-state index is -0.753. The number of carbonyl (C=O) groups excluding carboxylic acids is 2. The Bertz CT molecular complexity index is 1140. The highest BCUT2D eigenvalue weighted by molar-refractivity contribution is 7.99. The lowest BCUT2D eigenvalue weighted by Gasteiger charge is -2.32. The quantitative estimate of drug-likeness (QED) is 0.192. The maximum atomic E-state index is 14.6. The van der Waals surface area contributed by atoms with Crippen LogP contribution in [0.2, 0.25) is 5.02 Å². The van der Waals surface area contributed by atoms with Gasteiger partial charge in [0.2, 0.25) is 11.8 Å². The number of nitrogens with one attached hydrogen (secondary N) is 1. The van der Waals surface area contributed by atoms with Crippen molar-refractivity contribution < 1.29 is 14.0 Å².